The molecule has 7 nitrogen and oxygen atoms in total. The van der Waals surface area contributed by atoms with E-state index in [9.17, 15) is 9.90 Å². The monoisotopic (exact) mass is 407 g/mol. The highest BCUT2D eigenvalue weighted by molar-refractivity contribution is 7.12. The summed E-state index contributed by atoms with van der Waals surface area (Å²) in [6.07, 6.45) is 1.50. The number of carbonyl (C=O) groups excluding carboxylic acids is 1. The Kier molecular flexibility index (Phi) is 4.99. The van der Waals surface area contributed by atoms with Crippen molar-refractivity contribution in [3.8, 4) is 11.5 Å². The van der Waals surface area contributed by atoms with E-state index in [1.54, 1.807) is 0 Å². The molecule has 1 aromatic heterocycles. The first-order valence-corrected chi connectivity index (χ1v) is 11.2. The standard InChI is InChI=1S/C20H29N3O4S/c1-21-2-4-22(5-3-21)15-8-13-10-23(11-14(13)9-16(15)24)20(25)19-18-17(12-28-19)26-6-7-27-18/h12-16,24H,2-11H2,1H3/t13-,14+,15-,16-/m1/s1. The van der Waals surface area contributed by atoms with Gasteiger partial charge in [-0.05, 0) is 31.7 Å². The van der Waals surface area contributed by atoms with E-state index in [1.165, 1.54) is 11.3 Å². The van der Waals surface area contributed by atoms with E-state index in [-0.39, 0.29) is 18.1 Å². The lowest BCUT2D eigenvalue weighted by Crippen LogP contribution is -2.55. The summed E-state index contributed by atoms with van der Waals surface area (Å²) in [4.78, 5) is 20.6. The summed E-state index contributed by atoms with van der Waals surface area (Å²) < 4.78 is 11.3. The largest absolute Gasteiger partial charge is 0.485 e. The van der Waals surface area contributed by atoms with E-state index in [0.29, 0.717) is 41.4 Å². The molecule has 28 heavy (non-hydrogen) atoms. The van der Waals surface area contributed by atoms with Gasteiger partial charge in [-0.25, -0.2) is 0 Å². The maximum absolute atomic E-state index is 13.1. The number of nitrogens with zero attached hydrogens (tertiary/aromatic N) is 3. The van der Waals surface area contributed by atoms with E-state index < -0.39 is 0 Å². The molecular weight excluding hydrogens is 378 g/mol. The molecule has 0 bridgehead atoms. The van der Waals surface area contributed by atoms with Crippen LogP contribution in [-0.4, -0.2) is 97.4 Å². The number of amides is 1. The highest BCUT2D eigenvalue weighted by atomic mass is 32.1. The first kappa shape index (κ1) is 18.7. The third-order valence-corrected chi connectivity index (χ3v) is 7.83. The Balaban J connectivity index is 1.26. The van der Waals surface area contributed by atoms with Gasteiger partial charge < -0.3 is 24.4 Å². The van der Waals surface area contributed by atoms with E-state index in [4.69, 9.17) is 9.47 Å². The summed E-state index contributed by atoms with van der Waals surface area (Å²) in [7, 11) is 2.16. The van der Waals surface area contributed by atoms with Crippen molar-refractivity contribution in [3.63, 3.8) is 0 Å². The van der Waals surface area contributed by atoms with Crippen LogP contribution in [0.15, 0.2) is 5.38 Å². The zero-order valence-electron chi connectivity index (χ0n) is 16.4. The zero-order valence-corrected chi connectivity index (χ0v) is 17.2. The molecule has 4 aliphatic rings. The van der Waals surface area contributed by atoms with E-state index >= 15 is 0 Å². The molecule has 1 aromatic rings. The molecule has 0 unspecified atom stereocenters. The number of aliphatic hydroxyl groups excluding tert-OH is 1. The lowest BCUT2D eigenvalue weighted by Gasteiger charge is -2.44. The van der Waals surface area contributed by atoms with Gasteiger partial charge >= 0.3 is 0 Å². The zero-order chi connectivity index (χ0) is 19.3. The van der Waals surface area contributed by atoms with Crippen LogP contribution in [0.5, 0.6) is 11.5 Å². The molecular formula is C20H29N3O4S. The Morgan fingerprint density at radius 3 is 2.61 bits per heavy atom. The fourth-order valence-corrected chi connectivity index (χ4v) is 6.17. The average molecular weight is 408 g/mol. The molecule has 4 heterocycles. The van der Waals surface area contributed by atoms with Crippen LogP contribution in [0.3, 0.4) is 0 Å². The van der Waals surface area contributed by atoms with Crippen LogP contribution < -0.4 is 9.47 Å². The number of likely N-dealkylation sites (tertiary alicyclic amines) is 1. The van der Waals surface area contributed by atoms with Crippen LogP contribution in [-0.2, 0) is 0 Å². The second-order valence-electron chi connectivity index (χ2n) is 8.63. The smallest absolute Gasteiger partial charge is 0.267 e. The van der Waals surface area contributed by atoms with Crippen LogP contribution in [0.1, 0.15) is 22.5 Å². The molecule has 4 atom stereocenters. The first-order valence-electron chi connectivity index (χ1n) is 10.4. The number of ether oxygens (including phenoxy) is 2. The molecule has 5 rings (SSSR count). The number of hydrogen-bond donors (Lipinski definition) is 1. The molecule has 1 saturated carbocycles. The number of rotatable bonds is 2. The molecule has 1 aliphatic carbocycles. The SMILES string of the molecule is CN1CCN([C@@H]2C[C@@H]3CN(C(=O)c4scc5c4OCCO5)C[C@@H]3C[C@H]2O)CC1. The number of likely N-dealkylation sites (N-methyl/N-ethyl adjacent to an activating group) is 1. The average Bonchev–Trinajstić information content (AvgIpc) is 3.31. The minimum atomic E-state index is -0.286. The van der Waals surface area contributed by atoms with E-state index in [1.807, 2.05) is 10.3 Å². The third-order valence-electron chi connectivity index (χ3n) is 6.90. The topological polar surface area (TPSA) is 65.5 Å². The Morgan fingerprint density at radius 1 is 1.11 bits per heavy atom. The fourth-order valence-electron chi connectivity index (χ4n) is 5.27. The molecule has 3 aliphatic heterocycles. The summed E-state index contributed by atoms with van der Waals surface area (Å²) in [5.41, 5.74) is 0. The molecule has 8 heteroatoms. The highest BCUT2D eigenvalue weighted by Gasteiger charge is 2.45. The Labute approximate surface area is 169 Å². The van der Waals surface area contributed by atoms with Crippen molar-refractivity contribution in [3.05, 3.63) is 10.3 Å². The summed E-state index contributed by atoms with van der Waals surface area (Å²) >= 11 is 1.41. The minimum absolute atomic E-state index is 0.0526. The molecule has 1 amide bonds. The summed E-state index contributed by atoms with van der Waals surface area (Å²) in [6.45, 7) is 6.73. The van der Waals surface area contributed by atoms with Gasteiger partial charge in [0.1, 0.15) is 18.1 Å². The predicted molar refractivity (Wildman–Crippen MR) is 106 cm³/mol. The number of hydrogen-bond acceptors (Lipinski definition) is 7. The lowest BCUT2D eigenvalue weighted by molar-refractivity contribution is -0.0249. The van der Waals surface area contributed by atoms with Crippen molar-refractivity contribution >= 4 is 17.2 Å². The molecule has 0 spiro atoms. The number of thiophene rings is 1. The van der Waals surface area contributed by atoms with E-state index in [2.05, 4.69) is 16.8 Å². The molecule has 0 aromatic carbocycles. The van der Waals surface area contributed by atoms with Gasteiger partial charge in [-0.15, -0.1) is 11.3 Å². The molecule has 2 saturated heterocycles. The van der Waals surface area contributed by atoms with Gasteiger partial charge in [-0.1, -0.05) is 0 Å². The second-order valence-corrected chi connectivity index (χ2v) is 9.51. The summed E-state index contributed by atoms with van der Waals surface area (Å²) in [5.74, 6) is 2.24. The van der Waals surface area contributed by atoms with Crippen LogP contribution in [0, 0.1) is 11.8 Å². The van der Waals surface area contributed by atoms with Gasteiger partial charge in [0.25, 0.3) is 5.91 Å². The Morgan fingerprint density at radius 2 is 1.82 bits per heavy atom. The number of carbonyl (C=O) groups is 1. The van der Waals surface area contributed by atoms with Gasteiger partial charge in [-0.3, -0.25) is 9.69 Å². The minimum Gasteiger partial charge on any atom is -0.485 e. The van der Waals surface area contributed by atoms with Crippen LogP contribution >= 0.6 is 11.3 Å². The number of piperazine rings is 1. The fraction of sp³-hybridized carbons (Fsp3) is 0.750. The maximum atomic E-state index is 13.1. The van der Waals surface area contributed by atoms with Crippen molar-refractivity contribution in [2.24, 2.45) is 11.8 Å². The van der Waals surface area contributed by atoms with E-state index in [0.717, 1.165) is 52.1 Å². The third kappa shape index (κ3) is 3.30. The lowest BCUT2D eigenvalue weighted by atomic mass is 9.77. The predicted octanol–water partition coefficient (Wildman–Crippen LogP) is 0.978. The van der Waals surface area contributed by atoms with Crippen molar-refractivity contribution in [1.29, 1.82) is 0 Å². The Bertz CT molecular complexity index is 733. The maximum Gasteiger partial charge on any atom is 0.267 e. The van der Waals surface area contributed by atoms with Crippen LogP contribution in [0.25, 0.3) is 0 Å². The van der Waals surface area contributed by atoms with Gasteiger partial charge in [0.15, 0.2) is 11.5 Å². The van der Waals surface area contributed by atoms with Crippen LogP contribution in [0.4, 0.5) is 0 Å². The second kappa shape index (κ2) is 7.48. The first-order chi connectivity index (χ1) is 13.6. The van der Waals surface area contributed by atoms with Gasteiger partial charge in [0.2, 0.25) is 0 Å². The number of fused-ring (bicyclic) bond motifs is 2. The normalized spacial score (nSPS) is 33.7. The summed E-state index contributed by atoms with van der Waals surface area (Å²) in [5, 5.41) is 12.7. The molecule has 0 radical (unpaired) electrons. The molecule has 154 valence electrons. The molecule has 1 N–H and O–H groups in total. The van der Waals surface area contributed by atoms with Crippen LogP contribution in [0.2, 0.25) is 0 Å². The quantitative estimate of drug-likeness (QED) is 0.789. The van der Waals surface area contributed by atoms with Gasteiger partial charge in [0.05, 0.1) is 6.10 Å². The van der Waals surface area contributed by atoms with Crippen molar-refractivity contribution in [2.45, 2.75) is 25.0 Å². The summed E-state index contributed by atoms with van der Waals surface area (Å²) in [6, 6.07) is 0.233. The Hall–Kier alpha value is -1.35. The van der Waals surface area contributed by atoms with Crippen molar-refractivity contribution in [1.82, 2.24) is 14.7 Å². The van der Waals surface area contributed by atoms with Crippen molar-refractivity contribution in [2.75, 3.05) is 59.5 Å². The van der Waals surface area contributed by atoms with Gasteiger partial charge in [-0.2, -0.15) is 0 Å². The molecule has 3 fully saturated rings. The van der Waals surface area contributed by atoms with Gasteiger partial charge in [0, 0.05) is 50.7 Å². The number of aliphatic hydroxyl groups is 1. The highest BCUT2D eigenvalue weighted by Crippen LogP contribution is 2.43. The van der Waals surface area contributed by atoms with Crippen molar-refractivity contribution < 1.29 is 19.4 Å².